The maximum absolute atomic E-state index is 12.3. The predicted molar refractivity (Wildman–Crippen MR) is 96.1 cm³/mol. The predicted octanol–water partition coefficient (Wildman–Crippen LogP) is 4.22. The van der Waals surface area contributed by atoms with Crippen molar-refractivity contribution in [2.45, 2.75) is 58.1 Å². The van der Waals surface area contributed by atoms with Crippen LogP contribution in [0.25, 0.3) is 0 Å². The van der Waals surface area contributed by atoms with Crippen molar-refractivity contribution in [3.8, 4) is 0 Å². The summed E-state index contributed by atoms with van der Waals surface area (Å²) in [6.45, 7) is 9.20. The van der Waals surface area contributed by atoms with Gasteiger partial charge in [0.15, 0.2) is 0 Å². The topological polar surface area (TPSA) is 55.6 Å². The molecule has 4 nitrogen and oxygen atoms in total. The third-order valence-corrected chi connectivity index (χ3v) is 5.68. The summed E-state index contributed by atoms with van der Waals surface area (Å²) in [6.07, 6.45) is 2.55. The number of carbonyl (C=O) groups excluding carboxylic acids is 1. The highest BCUT2D eigenvalue weighted by Crippen LogP contribution is 2.57. The first-order valence-corrected chi connectivity index (χ1v) is 8.94. The normalized spacial score (nSPS) is 29.7. The highest BCUT2D eigenvalue weighted by atomic mass is 35.5. The second kappa shape index (κ2) is 5.63. The molecule has 1 spiro atoms. The minimum absolute atomic E-state index is 0.125. The molecule has 0 aromatic heterocycles. The van der Waals surface area contributed by atoms with Crippen molar-refractivity contribution in [1.29, 1.82) is 0 Å². The summed E-state index contributed by atoms with van der Waals surface area (Å²) < 4.78 is 5.49. The van der Waals surface area contributed by atoms with Gasteiger partial charge in [0, 0.05) is 23.7 Å². The number of rotatable bonds is 1. The molecule has 2 N–H and O–H groups in total. The standard InChI is InChI=1S/C19H27ClN2O2/c1-13-14(6-5-7-15(13)20)19(21)10-18(11-19)8-9-22(12-18)16(23)24-17(2,3)4/h5-7H,8-12,21H2,1-4H3. The number of halogens is 1. The van der Waals surface area contributed by atoms with Gasteiger partial charge in [-0.1, -0.05) is 23.7 Å². The minimum atomic E-state index is -0.456. The highest BCUT2D eigenvalue weighted by Gasteiger charge is 2.57. The Kier molecular flexibility index (Phi) is 4.12. The van der Waals surface area contributed by atoms with Crippen LogP contribution in [0.3, 0.4) is 0 Å². The molecule has 5 heteroatoms. The van der Waals surface area contributed by atoms with Crippen LogP contribution in [0, 0.1) is 12.3 Å². The Hall–Kier alpha value is -1.26. The van der Waals surface area contributed by atoms with E-state index in [1.165, 1.54) is 0 Å². The number of nitrogens with two attached hydrogens (primary N) is 1. The fourth-order valence-electron chi connectivity index (χ4n) is 4.33. The lowest BCUT2D eigenvalue weighted by molar-refractivity contribution is 0.0101. The molecule has 1 amide bonds. The summed E-state index contributed by atoms with van der Waals surface area (Å²) in [5, 5.41) is 0.764. The molecule has 1 saturated heterocycles. The van der Waals surface area contributed by atoms with E-state index in [0.717, 1.165) is 48.5 Å². The molecule has 24 heavy (non-hydrogen) atoms. The van der Waals surface area contributed by atoms with E-state index < -0.39 is 5.60 Å². The van der Waals surface area contributed by atoms with Crippen LogP contribution >= 0.6 is 11.6 Å². The lowest BCUT2D eigenvalue weighted by Crippen LogP contribution is -2.57. The Bertz CT molecular complexity index is 660. The van der Waals surface area contributed by atoms with Crippen LogP contribution in [0.5, 0.6) is 0 Å². The van der Waals surface area contributed by atoms with E-state index in [0.29, 0.717) is 0 Å². The van der Waals surface area contributed by atoms with Gasteiger partial charge in [-0.15, -0.1) is 0 Å². The van der Waals surface area contributed by atoms with E-state index in [1.54, 1.807) is 0 Å². The van der Waals surface area contributed by atoms with Crippen LogP contribution in [0.2, 0.25) is 5.02 Å². The molecule has 0 unspecified atom stereocenters. The van der Waals surface area contributed by atoms with E-state index in [2.05, 4.69) is 6.07 Å². The van der Waals surface area contributed by atoms with Gasteiger partial charge in [-0.2, -0.15) is 0 Å². The molecule has 1 aliphatic carbocycles. The van der Waals surface area contributed by atoms with Gasteiger partial charge in [0.05, 0.1) is 0 Å². The Balaban J connectivity index is 1.68. The molecule has 3 rings (SSSR count). The number of hydrogen-bond acceptors (Lipinski definition) is 3. The Morgan fingerprint density at radius 1 is 1.33 bits per heavy atom. The quantitative estimate of drug-likeness (QED) is 0.824. The number of carbonyl (C=O) groups is 1. The zero-order valence-corrected chi connectivity index (χ0v) is 15.7. The summed E-state index contributed by atoms with van der Waals surface area (Å²) in [6, 6.07) is 5.94. The van der Waals surface area contributed by atoms with Gasteiger partial charge in [0.25, 0.3) is 0 Å². The summed E-state index contributed by atoms with van der Waals surface area (Å²) in [5.74, 6) is 0. The third-order valence-electron chi connectivity index (χ3n) is 5.28. The fourth-order valence-corrected chi connectivity index (χ4v) is 4.50. The summed E-state index contributed by atoms with van der Waals surface area (Å²) >= 11 is 6.25. The highest BCUT2D eigenvalue weighted by molar-refractivity contribution is 6.31. The molecule has 2 fully saturated rings. The number of amides is 1. The first-order chi connectivity index (χ1) is 11.0. The van der Waals surface area contributed by atoms with Crippen molar-refractivity contribution in [1.82, 2.24) is 4.90 Å². The number of ether oxygens (including phenoxy) is 1. The average molecular weight is 351 g/mol. The average Bonchev–Trinajstić information content (AvgIpc) is 2.84. The lowest BCUT2D eigenvalue weighted by atomic mass is 9.54. The van der Waals surface area contributed by atoms with Crippen LogP contribution in [-0.4, -0.2) is 29.7 Å². The van der Waals surface area contributed by atoms with Gasteiger partial charge in [0.1, 0.15) is 5.60 Å². The Labute approximate surface area is 149 Å². The molecule has 1 aromatic rings. The van der Waals surface area contributed by atoms with Gasteiger partial charge < -0.3 is 15.4 Å². The van der Waals surface area contributed by atoms with Gasteiger partial charge in [-0.05, 0) is 69.6 Å². The number of benzene rings is 1. The lowest BCUT2D eigenvalue weighted by Gasteiger charge is -2.53. The first-order valence-electron chi connectivity index (χ1n) is 8.56. The molecule has 1 saturated carbocycles. The second-order valence-corrected chi connectivity index (χ2v) is 8.98. The molecular formula is C19H27ClN2O2. The summed E-state index contributed by atoms with van der Waals surface area (Å²) in [5.41, 5.74) is 8.22. The third kappa shape index (κ3) is 3.14. The van der Waals surface area contributed by atoms with Crippen LogP contribution in [0.4, 0.5) is 4.79 Å². The van der Waals surface area contributed by atoms with Crippen molar-refractivity contribution in [2.75, 3.05) is 13.1 Å². The van der Waals surface area contributed by atoms with E-state index in [4.69, 9.17) is 22.1 Å². The van der Waals surface area contributed by atoms with Gasteiger partial charge >= 0.3 is 6.09 Å². The van der Waals surface area contributed by atoms with Gasteiger partial charge in [-0.3, -0.25) is 0 Å². The van der Waals surface area contributed by atoms with Crippen molar-refractivity contribution in [3.63, 3.8) is 0 Å². The number of likely N-dealkylation sites (tertiary alicyclic amines) is 1. The van der Waals surface area contributed by atoms with Crippen LogP contribution in [-0.2, 0) is 10.3 Å². The Morgan fingerprint density at radius 3 is 2.62 bits per heavy atom. The largest absolute Gasteiger partial charge is 0.444 e. The minimum Gasteiger partial charge on any atom is -0.444 e. The van der Waals surface area contributed by atoms with E-state index in [-0.39, 0.29) is 17.0 Å². The van der Waals surface area contributed by atoms with Crippen LogP contribution in [0.15, 0.2) is 18.2 Å². The summed E-state index contributed by atoms with van der Waals surface area (Å²) in [4.78, 5) is 14.1. The van der Waals surface area contributed by atoms with E-state index in [1.807, 2.05) is 44.7 Å². The first kappa shape index (κ1) is 17.6. The van der Waals surface area contributed by atoms with E-state index >= 15 is 0 Å². The molecule has 1 aromatic carbocycles. The Morgan fingerprint density at radius 2 is 2.00 bits per heavy atom. The molecule has 0 radical (unpaired) electrons. The molecule has 132 valence electrons. The molecule has 1 heterocycles. The number of hydrogen-bond donors (Lipinski definition) is 1. The van der Waals surface area contributed by atoms with Gasteiger partial charge in [0.2, 0.25) is 0 Å². The maximum Gasteiger partial charge on any atom is 0.410 e. The van der Waals surface area contributed by atoms with Crippen LogP contribution in [0.1, 0.15) is 51.2 Å². The monoisotopic (exact) mass is 350 g/mol. The van der Waals surface area contributed by atoms with Gasteiger partial charge in [-0.25, -0.2) is 4.79 Å². The fraction of sp³-hybridized carbons (Fsp3) is 0.632. The maximum atomic E-state index is 12.3. The summed E-state index contributed by atoms with van der Waals surface area (Å²) in [7, 11) is 0. The number of nitrogens with zero attached hydrogens (tertiary/aromatic N) is 1. The second-order valence-electron chi connectivity index (χ2n) is 8.57. The van der Waals surface area contributed by atoms with Crippen molar-refractivity contribution in [3.05, 3.63) is 34.3 Å². The zero-order valence-electron chi connectivity index (χ0n) is 15.0. The van der Waals surface area contributed by atoms with Crippen molar-refractivity contribution >= 4 is 17.7 Å². The molecular weight excluding hydrogens is 324 g/mol. The molecule has 0 atom stereocenters. The zero-order chi connectivity index (χ0) is 17.8. The molecule has 0 bridgehead atoms. The molecule has 2 aliphatic rings. The van der Waals surface area contributed by atoms with Crippen molar-refractivity contribution < 1.29 is 9.53 Å². The van der Waals surface area contributed by atoms with Crippen molar-refractivity contribution in [2.24, 2.45) is 11.1 Å². The van der Waals surface area contributed by atoms with Crippen LogP contribution < -0.4 is 5.73 Å². The SMILES string of the molecule is Cc1c(Cl)cccc1C1(N)CC2(CCN(C(=O)OC(C)(C)C)C2)C1. The molecule has 1 aliphatic heterocycles. The smallest absolute Gasteiger partial charge is 0.410 e. The van der Waals surface area contributed by atoms with E-state index in [9.17, 15) is 4.79 Å².